The molecule has 0 spiro atoms. The molecule has 0 aliphatic carbocycles. The van der Waals surface area contributed by atoms with Gasteiger partial charge in [0.2, 0.25) is 0 Å². The summed E-state index contributed by atoms with van der Waals surface area (Å²) in [7, 11) is 0. The smallest absolute Gasteiger partial charge is 0.251 e. The van der Waals surface area contributed by atoms with E-state index in [2.05, 4.69) is 30.8 Å². The molecule has 3 N–H and O–H groups in total. The van der Waals surface area contributed by atoms with Crippen molar-refractivity contribution in [3.05, 3.63) is 76.6 Å². The van der Waals surface area contributed by atoms with Gasteiger partial charge < -0.3 is 10.6 Å². The van der Waals surface area contributed by atoms with Crippen molar-refractivity contribution in [2.75, 3.05) is 11.9 Å². The molecule has 1 aromatic heterocycles. The summed E-state index contributed by atoms with van der Waals surface area (Å²) in [6.07, 6.45) is 3.73. The zero-order valence-corrected chi connectivity index (χ0v) is 17.3. The maximum absolute atomic E-state index is 13.9. The van der Waals surface area contributed by atoms with Gasteiger partial charge in [-0.05, 0) is 55.5 Å². The lowest BCUT2D eigenvalue weighted by atomic mass is 9.99. The van der Waals surface area contributed by atoms with Crippen LogP contribution in [-0.2, 0) is 13.1 Å². The molecule has 32 heavy (non-hydrogen) atoms. The number of hydrogen-bond donors (Lipinski definition) is 3. The molecule has 1 atom stereocenters. The number of H-pyrrole nitrogens is 1. The molecule has 0 saturated heterocycles. The number of hydrogen-bond acceptors (Lipinski definition) is 6. The van der Waals surface area contributed by atoms with E-state index < -0.39 is 5.82 Å². The standard InChI is InChI=1S/C23H22FN7O/c24-20-5-4-15(12-25)10-18(20)13-28-23(32)17-2-1-3-19(11-17)27-14-21-29-22(31-30-21)16-6-8-26-9-7-16/h1-5,8,10-11,16,27H,6-7,9,13-14H2,(H,28,32)(H,29,30,31). The second-order valence-corrected chi connectivity index (χ2v) is 7.49. The van der Waals surface area contributed by atoms with Gasteiger partial charge in [0.15, 0.2) is 5.82 Å². The van der Waals surface area contributed by atoms with Crippen molar-refractivity contribution in [3.63, 3.8) is 0 Å². The lowest BCUT2D eigenvalue weighted by Crippen LogP contribution is -2.23. The third-order valence-electron chi connectivity index (χ3n) is 5.24. The Morgan fingerprint density at radius 3 is 2.97 bits per heavy atom. The fraction of sp³-hybridized carbons (Fsp3) is 0.261. The van der Waals surface area contributed by atoms with Crippen LogP contribution in [0.5, 0.6) is 0 Å². The molecule has 1 aliphatic rings. The molecule has 0 radical (unpaired) electrons. The summed E-state index contributed by atoms with van der Waals surface area (Å²) in [5, 5.41) is 22.2. The molecule has 0 saturated carbocycles. The molecular weight excluding hydrogens is 409 g/mol. The van der Waals surface area contributed by atoms with E-state index in [0.29, 0.717) is 29.4 Å². The van der Waals surface area contributed by atoms with Crippen LogP contribution in [0.2, 0.25) is 0 Å². The predicted octanol–water partition coefficient (Wildman–Crippen LogP) is 3.31. The second kappa shape index (κ2) is 9.83. The van der Waals surface area contributed by atoms with Gasteiger partial charge in [-0.15, -0.1) is 0 Å². The van der Waals surface area contributed by atoms with Crippen molar-refractivity contribution < 1.29 is 9.18 Å². The molecule has 1 unspecified atom stereocenters. The number of anilines is 1. The monoisotopic (exact) mass is 431 g/mol. The van der Waals surface area contributed by atoms with Crippen molar-refractivity contribution in [2.45, 2.75) is 31.8 Å². The number of aromatic amines is 1. The van der Waals surface area contributed by atoms with E-state index >= 15 is 0 Å². The molecular formula is C23H22FN7O. The number of halogens is 1. The molecule has 2 aromatic carbocycles. The van der Waals surface area contributed by atoms with Crippen LogP contribution in [0.4, 0.5) is 10.1 Å². The van der Waals surface area contributed by atoms with Crippen molar-refractivity contribution in [1.29, 1.82) is 5.26 Å². The zero-order chi connectivity index (χ0) is 22.3. The maximum atomic E-state index is 13.9. The van der Waals surface area contributed by atoms with Crippen LogP contribution < -0.4 is 10.6 Å². The average molecular weight is 431 g/mol. The van der Waals surface area contributed by atoms with Gasteiger partial charge in [-0.3, -0.25) is 14.9 Å². The third-order valence-corrected chi connectivity index (χ3v) is 5.24. The van der Waals surface area contributed by atoms with Crippen LogP contribution in [0.25, 0.3) is 0 Å². The highest BCUT2D eigenvalue weighted by molar-refractivity contribution is 5.95. The number of amides is 1. The molecule has 3 aromatic rings. The topological polar surface area (TPSA) is 119 Å². The fourth-order valence-electron chi connectivity index (χ4n) is 3.46. The zero-order valence-electron chi connectivity index (χ0n) is 17.3. The summed E-state index contributed by atoms with van der Waals surface area (Å²) < 4.78 is 13.9. The van der Waals surface area contributed by atoms with Crippen molar-refractivity contribution in [2.24, 2.45) is 4.99 Å². The lowest BCUT2D eigenvalue weighted by molar-refractivity contribution is 0.0950. The number of carbonyl (C=O) groups is 1. The van der Waals surface area contributed by atoms with E-state index in [9.17, 15) is 9.18 Å². The van der Waals surface area contributed by atoms with Crippen LogP contribution in [0.3, 0.4) is 0 Å². The summed E-state index contributed by atoms with van der Waals surface area (Å²) in [5.74, 6) is 1.00. The van der Waals surface area contributed by atoms with E-state index in [1.165, 1.54) is 18.2 Å². The number of rotatable bonds is 7. The molecule has 9 heteroatoms. The van der Waals surface area contributed by atoms with E-state index in [0.717, 1.165) is 30.9 Å². The minimum atomic E-state index is -0.466. The molecule has 0 fully saturated rings. The molecule has 4 rings (SSSR count). The van der Waals surface area contributed by atoms with Crippen LogP contribution in [-0.4, -0.2) is 33.8 Å². The normalized spacial score (nSPS) is 15.2. The summed E-state index contributed by atoms with van der Waals surface area (Å²) in [6.45, 7) is 1.23. The summed E-state index contributed by atoms with van der Waals surface area (Å²) in [6, 6.07) is 13.0. The Morgan fingerprint density at radius 1 is 1.25 bits per heavy atom. The van der Waals surface area contributed by atoms with Gasteiger partial charge in [0.1, 0.15) is 11.6 Å². The molecule has 0 bridgehead atoms. The maximum Gasteiger partial charge on any atom is 0.251 e. The third kappa shape index (κ3) is 5.16. The average Bonchev–Trinajstić information content (AvgIpc) is 3.32. The Hall–Kier alpha value is -4.06. The van der Waals surface area contributed by atoms with Crippen LogP contribution in [0.15, 0.2) is 47.5 Å². The Balaban J connectivity index is 1.34. The number of aliphatic imine (C=N–C) groups is 1. The summed E-state index contributed by atoms with van der Waals surface area (Å²) >= 11 is 0. The largest absolute Gasteiger partial charge is 0.378 e. The number of aromatic nitrogens is 3. The highest BCUT2D eigenvalue weighted by Gasteiger charge is 2.18. The van der Waals surface area contributed by atoms with Crippen molar-refractivity contribution in [1.82, 2.24) is 20.5 Å². The molecule has 1 aliphatic heterocycles. The molecule has 1 amide bonds. The number of benzene rings is 2. The van der Waals surface area contributed by atoms with E-state index in [4.69, 9.17) is 5.26 Å². The SMILES string of the molecule is N#Cc1ccc(F)c(CNC(=O)c2cccc(NCc3nc(C4CC=NCC4)n[nH]3)c2)c1. The van der Waals surface area contributed by atoms with E-state index in [1.807, 2.05) is 18.4 Å². The summed E-state index contributed by atoms with van der Waals surface area (Å²) in [5.41, 5.74) is 1.79. The van der Waals surface area contributed by atoms with E-state index in [1.54, 1.807) is 18.2 Å². The number of nitrogens with one attached hydrogen (secondary N) is 3. The fourth-order valence-corrected chi connectivity index (χ4v) is 3.46. The lowest BCUT2D eigenvalue weighted by Gasteiger charge is -2.12. The molecule has 2 heterocycles. The number of carbonyl (C=O) groups excluding carboxylic acids is 1. The first-order valence-electron chi connectivity index (χ1n) is 10.3. The predicted molar refractivity (Wildman–Crippen MR) is 118 cm³/mol. The number of nitriles is 1. The quantitative estimate of drug-likeness (QED) is 0.530. The van der Waals surface area contributed by atoms with Gasteiger partial charge in [0, 0.05) is 35.8 Å². The van der Waals surface area contributed by atoms with Gasteiger partial charge in [0.05, 0.1) is 18.2 Å². The van der Waals surface area contributed by atoms with Gasteiger partial charge in [-0.25, -0.2) is 9.37 Å². The first kappa shape index (κ1) is 21.2. The first-order valence-corrected chi connectivity index (χ1v) is 10.3. The first-order chi connectivity index (χ1) is 15.6. The second-order valence-electron chi connectivity index (χ2n) is 7.49. The Bertz CT molecular complexity index is 1180. The van der Waals surface area contributed by atoms with Crippen LogP contribution in [0, 0.1) is 17.1 Å². The van der Waals surface area contributed by atoms with Crippen LogP contribution in [0.1, 0.15) is 51.9 Å². The molecule has 8 nitrogen and oxygen atoms in total. The Kier molecular flexibility index (Phi) is 6.51. The number of nitrogens with zero attached hydrogens (tertiary/aromatic N) is 4. The highest BCUT2D eigenvalue weighted by Crippen LogP contribution is 2.22. The minimum absolute atomic E-state index is 0.00937. The highest BCUT2D eigenvalue weighted by atomic mass is 19.1. The Labute approximate surface area is 184 Å². The van der Waals surface area contributed by atoms with Gasteiger partial charge >= 0.3 is 0 Å². The van der Waals surface area contributed by atoms with Gasteiger partial charge in [0.25, 0.3) is 5.91 Å². The van der Waals surface area contributed by atoms with Crippen molar-refractivity contribution >= 4 is 17.8 Å². The van der Waals surface area contributed by atoms with Crippen molar-refractivity contribution in [3.8, 4) is 6.07 Å². The van der Waals surface area contributed by atoms with Crippen LogP contribution >= 0.6 is 0 Å². The Morgan fingerprint density at radius 2 is 2.16 bits per heavy atom. The van der Waals surface area contributed by atoms with Gasteiger partial charge in [-0.2, -0.15) is 10.4 Å². The van der Waals surface area contributed by atoms with Gasteiger partial charge in [-0.1, -0.05) is 6.07 Å². The van der Waals surface area contributed by atoms with E-state index in [-0.39, 0.29) is 18.0 Å². The minimum Gasteiger partial charge on any atom is -0.378 e. The molecule has 162 valence electrons. The summed E-state index contributed by atoms with van der Waals surface area (Å²) in [4.78, 5) is 21.3.